The summed E-state index contributed by atoms with van der Waals surface area (Å²) in [5, 5.41) is 13.3. The Morgan fingerprint density at radius 1 is 1.13 bits per heavy atom. The van der Waals surface area contributed by atoms with E-state index >= 15 is 0 Å². The van der Waals surface area contributed by atoms with Gasteiger partial charge >= 0.3 is 5.97 Å². The molecule has 1 fully saturated rings. The Kier molecular flexibility index (Phi) is 3.15. The van der Waals surface area contributed by atoms with Crippen molar-refractivity contribution in [3.8, 4) is 0 Å². The number of hydrogen-bond acceptors (Lipinski definition) is 3. The summed E-state index contributed by atoms with van der Waals surface area (Å²) < 4.78 is 0. The number of anilines is 1. The van der Waals surface area contributed by atoms with Gasteiger partial charge < -0.3 is 10.4 Å². The molecule has 1 heterocycles. The zero-order valence-electron chi connectivity index (χ0n) is 12.3. The number of allylic oxidation sites excluding steroid dienone is 2. The van der Waals surface area contributed by atoms with Crippen LogP contribution in [0.15, 0.2) is 48.7 Å². The molecule has 116 valence electrons. The van der Waals surface area contributed by atoms with Crippen molar-refractivity contribution < 1.29 is 14.7 Å². The Morgan fingerprint density at radius 2 is 1.91 bits per heavy atom. The summed E-state index contributed by atoms with van der Waals surface area (Å²) in [4.78, 5) is 28.4. The average Bonchev–Trinajstić information content (AvgIpc) is 3.15. The maximum absolute atomic E-state index is 12.6. The molecule has 5 heteroatoms. The van der Waals surface area contributed by atoms with Gasteiger partial charge in [0.25, 0.3) is 0 Å². The van der Waals surface area contributed by atoms with Crippen LogP contribution >= 0.6 is 0 Å². The summed E-state index contributed by atoms with van der Waals surface area (Å²) in [6, 6.07) is 9.28. The second-order valence-corrected chi connectivity index (χ2v) is 6.24. The first-order chi connectivity index (χ1) is 11.1. The first kappa shape index (κ1) is 13.9. The largest absolute Gasteiger partial charge is 0.481 e. The van der Waals surface area contributed by atoms with Crippen molar-refractivity contribution in [1.82, 2.24) is 4.98 Å². The highest BCUT2D eigenvalue weighted by Gasteiger charge is 2.51. The summed E-state index contributed by atoms with van der Waals surface area (Å²) in [6.45, 7) is 0. The highest BCUT2D eigenvalue weighted by molar-refractivity contribution is 5.97. The number of nitrogens with one attached hydrogen (secondary N) is 1. The molecule has 2 aliphatic rings. The highest BCUT2D eigenvalue weighted by Crippen LogP contribution is 2.48. The topological polar surface area (TPSA) is 79.3 Å². The van der Waals surface area contributed by atoms with Crippen LogP contribution in [0.2, 0.25) is 0 Å². The normalized spacial score (nSPS) is 28.2. The molecule has 1 aromatic heterocycles. The number of carbonyl (C=O) groups is 2. The molecule has 2 aliphatic carbocycles. The van der Waals surface area contributed by atoms with Gasteiger partial charge in [-0.25, -0.2) is 0 Å². The van der Waals surface area contributed by atoms with E-state index in [0.717, 1.165) is 17.3 Å². The van der Waals surface area contributed by atoms with Crippen LogP contribution in [0.1, 0.15) is 6.42 Å². The summed E-state index contributed by atoms with van der Waals surface area (Å²) in [5.74, 6) is -2.20. The molecule has 0 radical (unpaired) electrons. The predicted molar refractivity (Wildman–Crippen MR) is 85.7 cm³/mol. The average molecular weight is 308 g/mol. The minimum Gasteiger partial charge on any atom is -0.481 e. The van der Waals surface area contributed by atoms with Gasteiger partial charge in [0.2, 0.25) is 5.91 Å². The van der Waals surface area contributed by atoms with E-state index in [9.17, 15) is 14.7 Å². The second kappa shape index (κ2) is 5.19. The summed E-state index contributed by atoms with van der Waals surface area (Å²) in [6.07, 6.45) is 6.41. The maximum Gasteiger partial charge on any atom is 0.307 e. The number of carbonyl (C=O) groups excluding carboxylic acids is 1. The lowest BCUT2D eigenvalue weighted by Crippen LogP contribution is -2.36. The Morgan fingerprint density at radius 3 is 2.70 bits per heavy atom. The number of benzene rings is 1. The quantitative estimate of drug-likeness (QED) is 0.854. The fourth-order valence-electron chi connectivity index (χ4n) is 3.90. The number of pyridine rings is 1. The Hall–Kier alpha value is -2.69. The molecule has 0 saturated heterocycles. The number of nitrogens with zero attached hydrogens (tertiary/aromatic N) is 1. The number of aromatic nitrogens is 1. The van der Waals surface area contributed by atoms with Crippen LogP contribution in [0, 0.1) is 23.7 Å². The smallest absolute Gasteiger partial charge is 0.307 e. The van der Waals surface area contributed by atoms with Crippen molar-refractivity contribution in [2.45, 2.75) is 6.42 Å². The lowest BCUT2D eigenvalue weighted by atomic mass is 9.82. The van der Waals surface area contributed by atoms with Crippen LogP contribution in [0.5, 0.6) is 0 Å². The Bertz CT molecular complexity index is 830. The van der Waals surface area contributed by atoms with Gasteiger partial charge in [-0.2, -0.15) is 0 Å². The molecule has 1 saturated carbocycles. The van der Waals surface area contributed by atoms with E-state index in [2.05, 4.69) is 10.3 Å². The van der Waals surface area contributed by atoms with Gasteiger partial charge in [0.15, 0.2) is 0 Å². The SMILES string of the molecule is O=C(Nc1ccc2ncccc2c1)[C@@H]1[C@@H](C(=O)O)[C@H]2C=C[C@@H]1C2. The first-order valence-corrected chi connectivity index (χ1v) is 7.70. The van der Waals surface area contributed by atoms with Crippen LogP contribution < -0.4 is 5.32 Å². The van der Waals surface area contributed by atoms with Gasteiger partial charge in [-0.15, -0.1) is 0 Å². The third-order valence-corrected chi connectivity index (χ3v) is 4.92. The number of aliphatic carboxylic acids is 1. The van der Waals surface area contributed by atoms with E-state index in [-0.39, 0.29) is 17.7 Å². The molecule has 5 nitrogen and oxygen atoms in total. The molecule has 4 atom stereocenters. The van der Waals surface area contributed by atoms with Crippen molar-refractivity contribution in [1.29, 1.82) is 0 Å². The summed E-state index contributed by atoms with van der Waals surface area (Å²) >= 11 is 0. The predicted octanol–water partition coefficient (Wildman–Crippen LogP) is 2.70. The monoisotopic (exact) mass is 308 g/mol. The summed E-state index contributed by atoms with van der Waals surface area (Å²) in [7, 11) is 0. The lowest BCUT2D eigenvalue weighted by Gasteiger charge is -2.23. The number of hydrogen-bond donors (Lipinski definition) is 2. The van der Waals surface area contributed by atoms with E-state index in [1.807, 2.05) is 36.4 Å². The van der Waals surface area contributed by atoms with E-state index < -0.39 is 17.8 Å². The molecule has 1 amide bonds. The van der Waals surface area contributed by atoms with Crippen LogP contribution in [0.3, 0.4) is 0 Å². The van der Waals surface area contributed by atoms with Crippen molar-refractivity contribution in [2.75, 3.05) is 5.32 Å². The summed E-state index contributed by atoms with van der Waals surface area (Å²) in [5.41, 5.74) is 1.53. The van der Waals surface area contributed by atoms with Gasteiger partial charge in [-0.1, -0.05) is 18.2 Å². The minimum absolute atomic E-state index is 0.0194. The first-order valence-electron chi connectivity index (χ1n) is 7.70. The van der Waals surface area contributed by atoms with Gasteiger partial charge in [-0.05, 0) is 42.5 Å². The zero-order chi connectivity index (χ0) is 16.0. The molecule has 1 aromatic carbocycles. The molecule has 2 aromatic rings. The number of rotatable bonds is 3. The molecular weight excluding hydrogens is 292 g/mol. The highest BCUT2D eigenvalue weighted by atomic mass is 16.4. The van der Waals surface area contributed by atoms with E-state index in [4.69, 9.17) is 0 Å². The molecule has 0 aliphatic heterocycles. The van der Waals surface area contributed by atoms with Gasteiger partial charge in [-0.3, -0.25) is 14.6 Å². The molecule has 23 heavy (non-hydrogen) atoms. The Balaban J connectivity index is 1.59. The lowest BCUT2D eigenvalue weighted by molar-refractivity contribution is -0.146. The fraction of sp³-hybridized carbons (Fsp3) is 0.278. The molecular formula is C18H16N2O3. The number of carboxylic acid groups (broad SMARTS) is 1. The van der Waals surface area contributed by atoms with Gasteiger partial charge in [0.05, 0.1) is 17.4 Å². The number of carboxylic acids is 1. The van der Waals surface area contributed by atoms with E-state index in [1.165, 1.54) is 0 Å². The van der Waals surface area contributed by atoms with Crippen molar-refractivity contribution in [3.05, 3.63) is 48.7 Å². The van der Waals surface area contributed by atoms with Crippen molar-refractivity contribution in [2.24, 2.45) is 23.7 Å². The minimum atomic E-state index is -0.885. The molecule has 2 N–H and O–H groups in total. The molecule has 4 rings (SSSR count). The van der Waals surface area contributed by atoms with Crippen LogP contribution in [-0.4, -0.2) is 22.0 Å². The third-order valence-electron chi connectivity index (χ3n) is 4.92. The van der Waals surface area contributed by atoms with E-state index in [1.54, 1.807) is 12.3 Å². The Labute approximate surface area is 133 Å². The molecule has 2 bridgehead atoms. The number of fused-ring (bicyclic) bond motifs is 3. The van der Waals surface area contributed by atoms with Crippen molar-refractivity contribution >= 4 is 28.5 Å². The van der Waals surface area contributed by atoms with Crippen LogP contribution in [0.25, 0.3) is 10.9 Å². The van der Waals surface area contributed by atoms with Crippen LogP contribution in [0.4, 0.5) is 5.69 Å². The van der Waals surface area contributed by atoms with Crippen molar-refractivity contribution in [3.63, 3.8) is 0 Å². The second-order valence-electron chi connectivity index (χ2n) is 6.24. The fourth-order valence-corrected chi connectivity index (χ4v) is 3.90. The van der Waals surface area contributed by atoms with E-state index in [0.29, 0.717) is 5.69 Å². The molecule has 0 spiro atoms. The standard InChI is InChI=1S/C18H16N2O3/c21-17(15-11-3-4-12(8-11)16(15)18(22)23)20-13-5-6-14-10(9-13)2-1-7-19-14/h1-7,9,11-12,15-16H,8H2,(H,20,21)(H,22,23)/t11-,12+,15+,16+/m1/s1. The maximum atomic E-state index is 12.6. The zero-order valence-corrected chi connectivity index (χ0v) is 12.3. The number of amides is 1. The molecule has 0 unspecified atom stereocenters. The third kappa shape index (κ3) is 2.29. The van der Waals surface area contributed by atoms with Gasteiger partial charge in [0, 0.05) is 17.3 Å². The van der Waals surface area contributed by atoms with Crippen LogP contribution in [-0.2, 0) is 9.59 Å². The van der Waals surface area contributed by atoms with Gasteiger partial charge in [0.1, 0.15) is 0 Å².